The van der Waals surface area contributed by atoms with Crippen molar-refractivity contribution >= 4 is 5.91 Å². The van der Waals surface area contributed by atoms with E-state index in [1.54, 1.807) is 6.92 Å². The maximum Gasteiger partial charge on any atom is 0.236 e. The van der Waals surface area contributed by atoms with Crippen LogP contribution in [0.5, 0.6) is 0 Å². The molecule has 0 heterocycles. The van der Waals surface area contributed by atoms with Crippen LogP contribution in [0.1, 0.15) is 20.3 Å². The summed E-state index contributed by atoms with van der Waals surface area (Å²) in [4.78, 5) is 10.9. The average molecular weight is 156 g/mol. The highest BCUT2D eigenvalue weighted by molar-refractivity contribution is 5.80. The van der Waals surface area contributed by atoms with Crippen LogP contribution in [-0.2, 0) is 4.79 Å². The molecule has 1 fully saturated rings. The van der Waals surface area contributed by atoms with Crippen molar-refractivity contribution in [3.8, 4) is 0 Å². The van der Waals surface area contributed by atoms with Gasteiger partial charge in [-0.3, -0.25) is 4.79 Å². The molecular formula is C8H16N2O. The summed E-state index contributed by atoms with van der Waals surface area (Å²) < 4.78 is 0. The van der Waals surface area contributed by atoms with Crippen LogP contribution < -0.4 is 11.1 Å². The fourth-order valence-corrected chi connectivity index (χ4v) is 1.08. The first kappa shape index (κ1) is 8.53. The van der Waals surface area contributed by atoms with Gasteiger partial charge in [-0.05, 0) is 25.2 Å². The Morgan fingerprint density at radius 3 is 2.73 bits per heavy atom. The van der Waals surface area contributed by atoms with Gasteiger partial charge in [-0.25, -0.2) is 0 Å². The molecule has 1 aliphatic carbocycles. The van der Waals surface area contributed by atoms with Crippen LogP contribution >= 0.6 is 0 Å². The second kappa shape index (κ2) is 3.22. The SMILES string of the molecule is CC1CC1CNC(=O)[C@H](C)N. The summed E-state index contributed by atoms with van der Waals surface area (Å²) in [6.45, 7) is 4.70. The number of rotatable bonds is 3. The van der Waals surface area contributed by atoms with E-state index in [9.17, 15) is 4.79 Å². The molecule has 0 aromatic heterocycles. The number of carbonyl (C=O) groups excluding carboxylic acids is 1. The third-order valence-corrected chi connectivity index (χ3v) is 2.23. The number of amides is 1. The summed E-state index contributed by atoms with van der Waals surface area (Å²) in [6, 6.07) is -0.371. The highest BCUT2D eigenvalue weighted by Crippen LogP contribution is 2.36. The van der Waals surface area contributed by atoms with Crippen LogP contribution in [-0.4, -0.2) is 18.5 Å². The van der Waals surface area contributed by atoms with E-state index in [0.29, 0.717) is 5.92 Å². The Labute approximate surface area is 67.3 Å². The van der Waals surface area contributed by atoms with Gasteiger partial charge in [0.1, 0.15) is 0 Å². The fourth-order valence-electron chi connectivity index (χ4n) is 1.08. The Balaban J connectivity index is 2.07. The van der Waals surface area contributed by atoms with E-state index in [4.69, 9.17) is 5.73 Å². The fraction of sp³-hybridized carbons (Fsp3) is 0.875. The van der Waals surface area contributed by atoms with Crippen molar-refractivity contribution in [1.29, 1.82) is 0 Å². The number of nitrogens with two attached hydrogens (primary N) is 1. The molecule has 0 aromatic rings. The van der Waals surface area contributed by atoms with Gasteiger partial charge in [-0.2, -0.15) is 0 Å². The molecule has 3 nitrogen and oxygen atoms in total. The smallest absolute Gasteiger partial charge is 0.236 e. The lowest BCUT2D eigenvalue weighted by molar-refractivity contribution is -0.122. The minimum Gasteiger partial charge on any atom is -0.354 e. The lowest BCUT2D eigenvalue weighted by Gasteiger charge is -2.05. The molecule has 1 aliphatic rings. The van der Waals surface area contributed by atoms with E-state index in [-0.39, 0.29) is 11.9 Å². The zero-order chi connectivity index (χ0) is 8.43. The Kier molecular flexibility index (Phi) is 2.49. The molecule has 3 atom stereocenters. The number of nitrogens with one attached hydrogen (secondary N) is 1. The van der Waals surface area contributed by atoms with Crippen LogP contribution in [0.4, 0.5) is 0 Å². The van der Waals surface area contributed by atoms with Gasteiger partial charge >= 0.3 is 0 Å². The van der Waals surface area contributed by atoms with E-state index < -0.39 is 0 Å². The van der Waals surface area contributed by atoms with Crippen LogP contribution in [0.15, 0.2) is 0 Å². The molecule has 0 saturated heterocycles. The maximum atomic E-state index is 10.9. The number of carbonyl (C=O) groups is 1. The van der Waals surface area contributed by atoms with Gasteiger partial charge in [0.25, 0.3) is 0 Å². The molecule has 3 N–H and O–H groups in total. The maximum absolute atomic E-state index is 10.9. The summed E-state index contributed by atoms with van der Waals surface area (Å²) >= 11 is 0. The van der Waals surface area contributed by atoms with Crippen LogP contribution in [0.3, 0.4) is 0 Å². The Morgan fingerprint density at radius 2 is 2.36 bits per heavy atom. The zero-order valence-corrected chi connectivity index (χ0v) is 7.13. The van der Waals surface area contributed by atoms with Gasteiger partial charge in [-0.1, -0.05) is 6.92 Å². The third-order valence-electron chi connectivity index (χ3n) is 2.23. The molecule has 0 radical (unpaired) electrons. The van der Waals surface area contributed by atoms with Crippen molar-refractivity contribution in [2.45, 2.75) is 26.3 Å². The number of hydrogen-bond donors (Lipinski definition) is 2. The standard InChI is InChI=1S/C8H16N2O/c1-5-3-7(5)4-10-8(11)6(2)9/h5-7H,3-4,9H2,1-2H3,(H,10,11)/t5?,6-,7?/m0/s1. The summed E-state index contributed by atoms with van der Waals surface area (Å²) in [7, 11) is 0. The highest BCUT2D eigenvalue weighted by Gasteiger charge is 2.32. The first-order valence-electron chi connectivity index (χ1n) is 4.14. The molecule has 3 heteroatoms. The second-order valence-electron chi connectivity index (χ2n) is 3.51. The Bertz CT molecular complexity index is 156. The van der Waals surface area contributed by atoms with Gasteiger partial charge < -0.3 is 11.1 Å². The molecule has 1 rings (SSSR count). The number of hydrogen-bond acceptors (Lipinski definition) is 2. The van der Waals surface area contributed by atoms with Crippen LogP contribution in [0.2, 0.25) is 0 Å². The molecule has 1 amide bonds. The van der Waals surface area contributed by atoms with Gasteiger partial charge in [0.2, 0.25) is 5.91 Å². The van der Waals surface area contributed by atoms with E-state index in [0.717, 1.165) is 12.5 Å². The predicted octanol–water partition coefficient (Wildman–Crippen LogP) is 0.106. The first-order valence-corrected chi connectivity index (χ1v) is 4.14. The molecule has 0 aliphatic heterocycles. The predicted molar refractivity (Wildman–Crippen MR) is 43.9 cm³/mol. The van der Waals surface area contributed by atoms with Gasteiger partial charge in [-0.15, -0.1) is 0 Å². The van der Waals surface area contributed by atoms with Crippen LogP contribution in [0, 0.1) is 11.8 Å². The largest absolute Gasteiger partial charge is 0.354 e. The van der Waals surface area contributed by atoms with Gasteiger partial charge in [0.15, 0.2) is 0 Å². The quantitative estimate of drug-likeness (QED) is 0.609. The molecule has 0 aromatic carbocycles. The van der Waals surface area contributed by atoms with Crippen molar-refractivity contribution < 1.29 is 4.79 Å². The normalized spacial score (nSPS) is 31.2. The van der Waals surface area contributed by atoms with Crippen molar-refractivity contribution in [3.05, 3.63) is 0 Å². The molecule has 0 bridgehead atoms. The first-order chi connectivity index (χ1) is 5.11. The van der Waals surface area contributed by atoms with Crippen molar-refractivity contribution in [1.82, 2.24) is 5.32 Å². The molecule has 1 saturated carbocycles. The van der Waals surface area contributed by atoms with Crippen molar-refractivity contribution in [2.75, 3.05) is 6.54 Å². The van der Waals surface area contributed by atoms with Crippen molar-refractivity contribution in [2.24, 2.45) is 17.6 Å². The van der Waals surface area contributed by atoms with Gasteiger partial charge in [0.05, 0.1) is 6.04 Å². The highest BCUT2D eigenvalue weighted by atomic mass is 16.2. The minimum atomic E-state index is -0.371. The Morgan fingerprint density at radius 1 is 1.82 bits per heavy atom. The van der Waals surface area contributed by atoms with Crippen molar-refractivity contribution in [3.63, 3.8) is 0 Å². The lowest BCUT2D eigenvalue weighted by Crippen LogP contribution is -2.39. The van der Waals surface area contributed by atoms with E-state index in [1.165, 1.54) is 6.42 Å². The summed E-state index contributed by atoms with van der Waals surface area (Å²) in [5.74, 6) is 1.46. The topological polar surface area (TPSA) is 55.1 Å². The second-order valence-corrected chi connectivity index (χ2v) is 3.51. The van der Waals surface area contributed by atoms with E-state index in [1.807, 2.05) is 0 Å². The zero-order valence-electron chi connectivity index (χ0n) is 7.13. The summed E-state index contributed by atoms with van der Waals surface area (Å²) in [5.41, 5.74) is 5.37. The average Bonchev–Trinajstić information content (AvgIpc) is 2.61. The lowest BCUT2D eigenvalue weighted by atomic mass is 10.3. The summed E-state index contributed by atoms with van der Waals surface area (Å²) in [5, 5.41) is 2.81. The van der Waals surface area contributed by atoms with E-state index >= 15 is 0 Å². The third kappa shape index (κ3) is 2.50. The van der Waals surface area contributed by atoms with Crippen LogP contribution in [0.25, 0.3) is 0 Å². The Hall–Kier alpha value is -0.570. The van der Waals surface area contributed by atoms with E-state index in [2.05, 4.69) is 12.2 Å². The molecule has 0 spiro atoms. The minimum absolute atomic E-state index is 0.0379. The molecule has 11 heavy (non-hydrogen) atoms. The molecular weight excluding hydrogens is 140 g/mol. The monoisotopic (exact) mass is 156 g/mol. The summed E-state index contributed by atoms with van der Waals surface area (Å²) in [6.07, 6.45) is 1.25. The van der Waals surface area contributed by atoms with Gasteiger partial charge in [0, 0.05) is 6.54 Å². The molecule has 64 valence electrons. The molecule has 2 unspecified atom stereocenters.